The molecule has 0 saturated heterocycles. The van der Waals surface area contributed by atoms with Crippen LogP contribution in [0.1, 0.15) is 71.1 Å². The summed E-state index contributed by atoms with van der Waals surface area (Å²) in [5.41, 5.74) is 0.264. The minimum atomic E-state index is -3.44. The molecule has 0 aliphatic heterocycles. The first-order valence-electron chi connectivity index (χ1n) is 9.04. The first kappa shape index (κ1) is 22.4. The molecule has 0 aliphatic rings. The van der Waals surface area contributed by atoms with E-state index in [9.17, 15) is 13.5 Å². The van der Waals surface area contributed by atoms with Crippen molar-refractivity contribution in [2.45, 2.75) is 71.1 Å². The molecule has 0 unspecified atom stereocenters. The number of aromatic hydroxyl groups is 1. The van der Waals surface area contributed by atoms with Crippen molar-refractivity contribution in [1.29, 1.82) is 0 Å². The lowest BCUT2D eigenvalue weighted by atomic mass is 10.1. The molecule has 1 aromatic carbocycles. The maximum atomic E-state index is 12.1. The summed E-state index contributed by atoms with van der Waals surface area (Å²) >= 11 is 11.6. The van der Waals surface area contributed by atoms with E-state index < -0.39 is 10.0 Å². The molecule has 0 atom stereocenters. The number of unbranched alkanes of at least 4 members (excludes halogenated alkanes) is 9. The molecule has 0 radical (unpaired) electrons. The van der Waals surface area contributed by atoms with Crippen molar-refractivity contribution >= 4 is 38.9 Å². The van der Waals surface area contributed by atoms with Crippen molar-refractivity contribution in [3.63, 3.8) is 0 Å². The molecule has 1 aromatic rings. The molecule has 0 amide bonds. The van der Waals surface area contributed by atoms with Crippen LogP contribution in [-0.4, -0.2) is 19.3 Å². The van der Waals surface area contributed by atoms with Gasteiger partial charge in [0.05, 0.1) is 21.5 Å². The van der Waals surface area contributed by atoms with E-state index in [2.05, 4.69) is 11.6 Å². The van der Waals surface area contributed by atoms with Crippen LogP contribution in [0.25, 0.3) is 0 Å². The van der Waals surface area contributed by atoms with Gasteiger partial charge in [0.1, 0.15) is 0 Å². The number of phenolic OH excluding ortho intramolecular Hbond substituents is 1. The van der Waals surface area contributed by atoms with Crippen molar-refractivity contribution in [3.8, 4) is 5.75 Å². The van der Waals surface area contributed by atoms with Crippen molar-refractivity contribution in [1.82, 2.24) is 0 Å². The Bertz CT molecular complexity index is 598. The van der Waals surface area contributed by atoms with Crippen LogP contribution in [0.5, 0.6) is 5.75 Å². The van der Waals surface area contributed by atoms with E-state index in [4.69, 9.17) is 23.2 Å². The molecular formula is C18H29Cl2NO3S. The van der Waals surface area contributed by atoms with Crippen LogP contribution in [0, 0.1) is 0 Å². The fourth-order valence-corrected chi connectivity index (χ4v) is 4.28. The summed E-state index contributed by atoms with van der Waals surface area (Å²) in [5, 5.41) is 9.53. The molecule has 0 fully saturated rings. The van der Waals surface area contributed by atoms with Crippen LogP contribution in [0.3, 0.4) is 0 Å². The van der Waals surface area contributed by atoms with E-state index in [1.54, 1.807) is 0 Å². The third kappa shape index (κ3) is 9.57. The van der Waals surface area contributed by atoms with E-state index in [0.717, 1.165) is 12.8 Å². The van der Waals surface area contributed by atoms with Gasteiger partial charge in [-0.05, 0) is 18.6 Å². The largest absolute Gasteiger partial charge is 0.505 e. The van der Waals surface area contributed by atoms with Crippen LogP contribution in [-0.2, 0) is 10.0 Å². The molecular weight excluding hydrogens is 381 g/mol. The van der Waals surface area contributed by atoms with Crippen LogP contribution in [0.4, 0.5) is 5.69 Å². The average Bonchev–Trinajstić information content (AvgIpc) is 2.54. The number of phenols is 1. The number of hydrogen-bond donors (Lipinski definition) is 2. The highest BCUT2D eigenvalue weighted by molar-refractivity contribution is 7.92. The van der Waals surface area contributed by atoms with Gasteiger partial charge in [0.25, 0.3) is 0 Å². The van der Waals surface area contributed by atoms with E-state index in [0.29, 0.717) is 6.42 Å². The molecule has 0 saturated carbocycles. The summed E-state index contributed by atoms with van der Waals surface area (Å²) in [4.78, 5) is 0. The average molecular weight is 410 g/mol. The summed E-state index contributed by atoms with van der Waals surface area (Å²) in [6.07, 6.45) is 11.5. The van der Waals surface area contributed by atoms with Crippen LogP contribution >= 0.6 is 23.2 Å². The summed E-state index contributed by atoms with van der Waals surface area (Å²) in [6.45, 7) is 2.22. The molecule has 144 valence electrons. The van der Waals surface area contributed by atoms with Gasteiger partial charge in [-0.2, -0.15) is 0 Å². The zero-order chi connectivity index (χ0) is 18.7. The third-order valence-electron chi connectivity index (χ3n) is 4.06. The number of anilines is 1. The molecule has 0 aromatic heterocycles. The van der Waals surface area contributed by atoms with Gasteiger partial charge < -0.3 is 5.11 Å². The number of hydrogen-bond acceptors (Lipinski definition) is 3. The van der Waals surface area contributed by atoms with Gasteiger partial charge in [-0.25, -0.2) is 8.42 Å². The molecule has 25 heavy (non-hydrogen) atoms. The molecule has 2 N–H and O–H groups in total. The Morgan fingerprint density at radius 1 is 0.880 bits per heavy atom. The van der Waals surface area contributed by atoms with Gasteiger partial charge in [0, 0.05) is 0 Å². The first-order chi connectivity index (χ1) is 11.9. The second kappa shape index (κ2) is 11.9. The van der Waals surface area contributed by atoms with Crippen molar-refractivity contribution in [3.05, 3.63) is 22.2 Å². The summed E-state index contributed by atoms with van der Waals surface area (Å²) in [5.74, 6) is -0.180. The lowest BCUT2D eigenvalue weighted by Gasteiger charge is -2.10. The Labute approximate surface area is 162 Å². The maximum absolute atomic E-state index is 12.1. The quantitative estimate of drug-likeness (QED) is 0.294. The number of rotatable bonds is 13. The number of halogens is 2. The maximum Gasteiger partial charge on any atom is 0.232 e. The van der Waals surface area contributed by atoms with Crippen LogP contribution < -0.4 is 4.72 Å². The lowest BCUT2D eigenvalue weighted by Crippen LogP contribution is -2.16. The Kier molecular flexibility index (Phi) is 10.6. The van der Waals surface area contributed by atoms with Crippen molar-refractivity contribution < 1.29 is 13.5 Å². The predicted octanol–water partition coefficient (Wildman–Crippen LogP) is 6.36. The Morgan fingerprint density at radius 2 is 1.32 bits per heavy atom. The molecule has 0 heterocycles. The van der Waals surface area contributed by atoms with E-state index in [1.807, 2.05) is 0 Å². The minimum Gasteiger partial charge on any atom is -0.505 e. The fraction of sp³-hybridized carbons (Fsp3) is 0.667. The second-order valence-corrected chi connectivity index (χ2v) is 9.05. The molecule has 7 heteroatoms. The number of benzene rings is 1. The smallest absolute Gasteiger partial charge is 0.232 e. The van der Waals surface area contributed by atoms with Crippen molar-refractivity contribution in [2.24, 2.45) is 0 Å². The van der Waals surface area contributed by atoms with Gasteiger partial charge in [0.2, 0.25) is 10.0 Å². The molecule has 0 bridgehead atoms. The molecule has 4 nitrogen and oxygen atoms in total. The monoisotopic (exact) mass is 409 g/mol. The Morgan fingerprint density at radius 3 is 1.80 bits per heavy atom. The number of nitrogens with one attached hydrogen (secondary N) is 1. The Balaban J connectivity index is 2.21. The van der Waals surface area contributed by atoms with Crippen molar-refractivity contribution in [2.75, 3.05) is 10.5 Å². The number of sulfonamides is 1. The van der Waals surface area contributed by atoms with Gasteiger partial charge in [-0.1, -0.05) is 87.9 Å². The van der Waals surface area contributed by atoms with E-state index >= 15 is 0 Å². The van der Waals surface area contributed by atoms with Gasteiger partial charge in [0.15, 0.2) is 5.75 Å². The third-order valence-corrected chi connectivity index (χ3v) is 6.01. The van der Waals surface area contributed by atoms with E-state index in [-0.39, 0.29) is 27.2 Å². The molecule has 0 spiro atoms. The molecule has 1 rings (SSSR count). The summed E-state index contributed by atoms with van der Waals surface area (Å²) in [6, 6.07) is 2.69. The predicted molar refractivity (Wildman–Crippen MR) is 107 cm³/mol. The zero-order valence-electron chi connectivity index (χ0n) is 14.9. The van der Waals surface area contributed by atoms with Gasteiger partial charge in [-0.3, -0.25) is 4.72 Å². The normalized spacial score (nSPS) is 11.6. The summed E-state index contributed by atoms with van der Waals surface area (Å²) < 4.78 is 26.6. The van der Waals surface area contributed by atoms with Gasteiger partial charge in [-0.15, -0.1) is 0 Å². The van der Waals surface area contributed by atoms with Gasteiger partial charge >= 0.3 is 0 Å². The highest BCUT2D eigenvalue weighted by atomic mass is 35.5. The van der Waals surface area contributed by atoms with E-state index in [1.165, 1.54) is 57.1 Å². The second-order valence-electron chi connectivity index (χ2n) is 6.39. The molecule has 0 aliphatic carbocycles. The highest BCUT2D eigenvalue weighted by Gasteiger charge is 2.13. The fourth-order valence-electron chi connectivity index (χ4n) is 2.63. The highest BCUT2D eigenvalue weighted by Crippen LogP contribution is 2.34. The standard InChI is InChI=1S/C18H29Cl2NO3S/c1-2-3-4-5-6-7-8-9-10-11-12-25(23,24)21-15-13-16(19)18(22)17(20)14-15/h13-14,21-22H,2-12H2,1H3. The first-order valence-corrected chi connectivity index (χ1v) is 11.4. The topological polar surface area (TPSA) is 66.4 Å². The lowest BCUT2D eigenvalue weighted by molar-refractivity contribution is 0.476. The minimum absolute atomic E-state index is 0.0177. The zero-order valence-corrected chi connectivity index (χ0v) is 17.2. The SMILES string of the molecule is CCCCCCCCCCCCS(=O)(=O)Nc1cc(Cl)c(O)c(Cl)c1. The summed E-state index contributed by atoms with van der Waals surface area (Å²) in [7, 11) is -3.44. The Hall–Kier alpha value is -0.650. The van der Waals surface area contributed by atoms with Crippen LogP contribution in [0.2, 0.25) is 10.0 Å². The van der Waals surface area contributed by atoms with Crippen LogP contribution in [0.15, 0.2) is 12.1 Å².